The second-order valence-corrected chi connectivity index (χ2v) is 9.23. The van der Waals surface area contributed by atoms with Crippen LogP contribution in [0.4, 0.5) is 10.7 Å². The van der Waals surface area contributed by atoms with E-state index >= 15 is 0 Å². The molecule has 9 heteroatoms. The summed E-state index contributed by atoms with van der Waals surface area (Å²) < 4.78 is 24.2. The van der Waals surface area contributed by atoms with Gasteiger partial charge in [0.2, 0.25) is 0 Å². The summed E-state index contributed by atoms with van der Waals surface area (Å²) in [4.78, 5) is 16.0. The number of anilines is 2. The summed E-state index contributed by atoms with van der Waals surface area (Å²) in [6, 6.07) is 0. The first-order valence-corrected chi connectivity index (χ1v) is 10.3. The molecular weight excluding hydrogens is 330 g/mol. The molecule has 118 valence electrons. The fourth-order valence-corrected chi connectivity index (χ4v) is 5.80. The van der Waals surface area contributed by atoms with Crippen LogP contribution in [0.3, 0.4) is 0 Å². The first-order chi connectivity index (χ1) is 9.73. The molecule has 2 rings (SSSR count). The van der Waals surface area contributed by atoms with Gasteiger partial charge >= 0.3 is 0 Å². The number of hydrogen-bond acceptors (Lipinski definition) is 7. The van der Waals surface area contributed by atoms with Crippen molar-refractivity contribution in [2.45, 2.75) is 4.90 Å². The Balaban J connectivity index is 2.57. The van der Waals surface area contributed by atoms with Crippen LogP contribution in [0.25, 0.3) is 0 Å². The quantitative estimate of drug-likeness (QED) is 0.876. The smallest absolute Gasteiger partial charge is 0.265 e. The van der Waals surface area contributed by atoms with E-state index in [1.807, 2.05) is 16.7 Å². The highest BCUT2D eigenvalue weighted by molar-refractivity contribution is 7.99. The minimum Gasteiger partial charge on any atom is -0.396 e. The fourth-order valence-electron chi connectivity index (χ4n) is 2.11. The average molecular weight is 350 g/mol. The second kappa shape index (κ2) is 6.05. The van der Waals surface area contributed by atoms with E-state index in [4.69, 9.17) is 5.73 Å². The number of thiophene rings is 1. The molecule has 0 radical (unpaired) electrons. The van der Waals surface area contributed by atoms with E-state index in [9.17, 15) is 13.2 Å². The largest absolute Gasteiger partial charge is 0.396 e. The molecule has 1 saturated heterocycles. The number of carbonyl (C=O) groups excluding carboxylic acids is 1. The molecule has 2 heterocycles. The SMILES string of the molecule is CN(C)C(=O)c1sc(N2CCSCC2)c(S(C)(=O)=O)c1N. The van der Waals surface area contributed by atoms with Crippen molar-refractivity contribution >= 4 is 49.5 Å². The normalized spacial score (nSPS) is 16.0. The molecule has 1 fully saturated rings. The molecule has 21 heavy (non-hydrogen) atoms. The summed E-state index contributed by atoms with van der Waals surface area (Å²) in [5.74, 6) is 1.62. The Labute approximate surface area is 133 Å². The Morgan fingerprint density at radius 3 is 2.33 bits per heavy atom. The summed E-state index contributed by atoms with van der Waals surface area (Å²) in [6.45, 7) is 1.53. The van der Waals surface area contributed by atoms with Crippen LogP contribution in [-0.4, -0.2) is 64.2 Å². The number of sulfone groups is 1. The van der Waals surface area contributed by atoms with E-state index in [1.54, 1.807) is 14.1 Å². The average Bonchev–Trinajstić information content (AvgIpc) is 2.76. The molecule has 0 aliphatic carbocycles. The number of hydrogen-bond donors (Lipinski definition) is 1. The van der Waals surface area contributed by atoms with Crippen molar-refractivity contribution in [3.05, 3.63) is 4.88 Å². The van der Waals surface area contributed by atoms with Crippen molar-refractivity contribution in [1.29, 1.82) is 0 Å². The maximum absolute atomic E-state index is 12.2. The first-order valence-electron chi connectivity index (χ1n) is 6.40. The number of rotatable bonds is 3. The molecule has 0 atom stereocenters. The molecule has 1 aromatic rings. The van der Waals surface area contributed by atoms with Crippen molar-refractivity contribution in [2.24, 2.45) is 0 Å². The number of amides is 1. The predicted molar refractivity (Wildman–Crippen MR) is 89.4 cm³/mol. The van der Waals surface area contributed by atoms with Crippen LogP contribution >= 0.6 is 23.1 Å². The van der Waals surface area contributed by atoms with Gasteiger partial charge in [-0.2, -0.15) is 11.8 Å². The van der Waals surface area contributed by atoms with E-state index in [0.717, 1.165) is 30.9 Å². The minimum absolute atomic E-state index is 0.0782. The van der Waals surface area contributed by atoms with Gasteiger partial charge < -0.3 is 15.5 Å². The van der Waals surface area contributed by atoms with E-state index in [0.29, 0.717) is 9.88 Å². The van der Waals surface area contributed by atoms with Crippen LogP contribution in [0.1, 0.15) is 9.67 Å². The summed E-state index contributed by atoms with van der Waals surface area (Å²) in [7, 11) is -0.238. The van der Waals surface area contributed by atoms with Crippen LogP contribution in [0.2, 0.25) is 0 Å². The van der Waals surface area contributed by atoms with Crippen LogP contribution < -0.4 is 10.6 Å². The second-order valence-electron chi connectivity index (χ2n) is 5.05. The molecule has 2 N–H and O–H groups in total. The number of thioether (sulfide) groups is 1. The van der Waals surface area contributed by atoms with Crippen molar-refractivity contribution in [1.82, 2.24) is 4.90 Å². The van der Waals surface area contributed by atoms with Gasteiger partial charge in [0.15, 0.2) is 9.84 Å². The van der Waals surface area contributed by atoms with Crippen molar-refractivity contribution in [3.8, 4) is 0 Å². The standard InChI is InChI=1S/C12H19N3O3S3/c1-14(2)11(16)9-8(13)10(21(3,17)18)12(20-9)15-4-6-19-7-5-15/h4-7,13H2,1-3H3. The third-order valence-electron chi connectivity index (χ3n) is 3.15. The van der Waals surface area contributed by atoms with Crippen molar-refractivity contribution < 1.29 is 13.2 Å². The number of nitrogens with zero attached hydrogens (tertiary/aromatic N) is 2. The Bertz CT molecular complexity index is 646. The van der Waals surface area contributed by atoms with E-state index < -0.39 is 9.84 Å². The van der Waals surface area contributed by atoms with Gasteiger partial charge in [-0.1, -0.05) is 0 Å². The molecular formula is C12H19N3O3S3. The Hall–Kier alpha value is -0.930. The molecule has 6 nitrogen and oxygen atoms in total. The molecule has 0 unspecified atom stereocenters. The van der Waals surface area contributed by atoms with Crippen LogP contribution in [0, 0.1) is 0 Å². The Kier molecular flexibility index (Phi) is 4.74. The zero-order chi connectivity index (χ0) is 15.8. The van der Waals surface area contributed by atoms with Crippen molar-refractivity contribution in [3.63, 3.8) is 0 Å². The molecule has 0 saturated carbocycles. The molecule has 0 aromatic carbocycles. The monoisotopic (exact) mass is 349 g/mol. The lowest BCUT2D eigenvalue weighted by Gasteiger charge is -2.27. The number of carbonyl (C=O) groups is 1. The van der Waals surface area contributed by atoms with Gasteiger partial charge in [-0.25, -0.2) is 8.42 Å². The number of nitrogen functional groups attached to an aromatic ring is 1. The van der Waals surface area contributed by atoms with Crippen LogP contribution in [0.15, 0.2) is 4.90 Å². The highest BCUT2D eigenvalue weighted by Gasteiger charge is 2.30. The van der Waals surface area contributed by atoms with E-state index in [-0.39, 0.29) is 16.5 Å². The highest BCUT2D eigenvalue weighted by Crippen LogP contribution is 2.42. The topological polar surface area (TPSA) is 83.7 Å². The lowest BCUT2D eigenvalue weighted by molar-refractivity contribution is 0.0833. The fraction of sp³-hybridized carbons (Fsp3) is 0.583. The molecule has 1 aliphatic heterocycles. The van der Waals surface area contributed by atoms with E-state index in [1.165, 1.54) is 16.2 Å². The van der Waals surface area contributed by atoms with Gasteiger partial charge in [0, 0.05) is 44.9 Å². The maximum atomic E-state index is 12.2. The van der Waals surface area contributed by atoms with Gasteiger partial charge in [-0.15, -0.1) is 11.3 Å². The van der Waals surface area contributed by atoms with E-state index in [2.05, 4.69) is 0 Å². The Morgan fingerprint density at radius 2 is 1.86 bits per heavy atom. The molecule has 0 bridgehead atoms. The van der Waals surface area contributed by atoms with Crippen molar-refractivity contribution in [2.75, 3.05) is 55.6 Å². The maximum Gasteiger partial charge on any atom is 0.265 e. The summed E-state index contributed by atoms with van der Waals surface area (Å²) in [6.07, 6.45) is 1.14. The van der Waals surface area contributed by atoms with Crippen LogP contribution in [-0.2, 0) is 9.84 Å². The molecule has 1 amide bonds. The van der Waals surface area contributed by atoms with Gasteiger partial charge in [0.25, 0.3) is 5.91 Å². The Morgan fingerprint density at radius 1 is 1.29 bits per heavy atom. The minimum atomic E-state index is -3.49. The summed E-state index contributed by atoms with van der Waals surface area (Å²) in [5.41, 5.74) is 6.07. The predicted octanol–water partition coefficient (Wildman–Crippen LogP) is 0.989. The van der Waals surface area contributed by atoms with Gasteiger partial charge in [0.1, 0.15) is 14.8 Å². The lowest BCUT2D eigenvalue weighted by atomic mass is 10.3. The molecule has 0 spiro atoms. The van der Waals surface area contributed by atoms with Crippen LogP contribution in [0.5, 0.6) is 0 Å². The zero-order valence-corrected chi connectivity index (χ0v) is 14.7. The summed E-state index contributed by atoms with van der Waals surface area (Å²) >= 11 is 3.01. The highest BCUT2D eigenvalue weighted by atomic mass is 32.2. The number of nitrogens with two attached hydrogens (primary N) is 1. The zero-order valence-electron chi connectivity index (χ0n) is 12.2. The third kappa shape index (κ3) is 3.29. The molecule has 1 aliphatic rings. The first kappa shape index (κ1) is 16.4. The molecule has 1 aromatic heterocycles. The van der Waals surface area contributed by atoms with Gasteiger partial charge in [-0.3, -0.25) is 4.79 Å². The summed E-state index contributed by atoms with van der Waals surface area (Å²) in [5, 5.41) is 0.598. The van der Waals surface area contributed by atoms with Gasteiger partial charge in [0.05, 0.1) is 5.69 Å². The lowest BCUT2D eigenvalue weighted by Crippen LogP contribution is -2.32. The van der Waals surface area contributed by atoms with Gasteiger partial charge in [-0.05, 0) is 0 Å². The third-order valence-corrected chi connectivity index (χ3v) is 6.63.